The van der Waals surface area contributed by atoms with Crippen molar-refractivity contribution in [2.45, 2.75) is 64.8 Å². The molecule has 0 amide bonds. The molecule has 5 atom stereocenters. The van der Waals surface area contributed by atoms with E-state index in [0.717, 1.165) is 12.0 Å². The Bertz CT molecular complexity index is 790. The number of esters is 1. The predicted molar refractivity (Wildman–Crippen MR) is 115 cm³/mol. The maximum Gasteiger partial charge on any atom is 0.334 e. The second-order valence-corrected chi connectivity index (χ2v) is 15.0. The van der Waals surface area contributed by atoms with E-state index in [9.17, 15) is 4.79 Å². The molecule has 152 valence electrons. The first-order valence-corrected chi connectivity index (χ1v) is 13.7. The van der Waals surface area contributed by atoms with Crippen molar-refractivity contribution in [3.63, 3.8) is 0 Å². The first-order valence-electron chi connectivity index (χ1n) is 10.8. The first-order chi connectivity index (χ1) is 13.2. The van der Waals surface area contributed by atoms with Gasteiger partial charge < -0.3 is 9.16 Å². The molecule has 3 aliphatic carbocycles. The van der Waals surface area contributed by atoms with Crippen molar-refractivity contribution in [2.24, 2.45) is 23.7 Å². The van der Waals surface area contributed by atoms with Gasteiger partial charge in [-0.1, -0.05) is 51.1 Å². The Morgan fingerprint density at radius 1 is 1.11 bits per heavy atom. The lowest BCUT2D eigenvalue weighted by atomic mass is 9.59. The number of ether oxygens (including phenoxy) is 1. The fraction of sp³-hybridized carbons (Fsp3) is 0.625. The van der Waals surface area contributed by atoms with Crippen LogP contribution < -0.4 is 0 Å². The summed E-state index contributed by atoms with van der Waals surface area (Å²) in [5.74, 6) is 1.83. The lowest BCUT2D eigenvalue weighted by Gasteiger charge is -2.49. The first kappa shape index (κ1) is 19.9. The highest BCUT2D eigenvalue weighted by Crippen LogP contribution is 2.67. The van der Waals surface area contributed by atoms with E-state index in [1.807, 2.05) is 13.0 Å². The van der Waals surface area contributed by atoms with Gasteiger partial charge in [0.1, 0.15) is 0 Å². The van der Waals surface area contributed by atoms with Crippen LogP contribution in [0.4, 0.5) is 0 Å². The Labute approximate surface area is 170 Å². The molecule has 1 aromatic carbocycles. The number of hydrogen-bond donors (Lipinski definition) is 0. The Balaban J connectivity index is 1.65. The lowest BCUT2D eigenvalue weighted by molar-refractivity contribution is -0.140. The van der Waals surface area contributed by atoms with E-state index in [-0.39, 0.29) is 11.0 Å². The summed E-state index contributed by atoms with van der Waals surface area (Å²) in [4.78, 5) is 12.8. The minimum atomic E-state index is -1.80. The lowest BCUT2D eigenvalue weighted by Crippen LogP contribution is -2.49. The number of hydrogen-bond acceptors (Lipinski definition) is 3. The maximum atomic E-state index is 12.8. The van der Waals surface area contributed by atoms with E-state index >= 15 is 0 Å². The van der Waals surface area contributed by atoms with E-state index in [1.165, 1.54) is 17.6 Å². The van der Waals surface area contributed by atoms with E-state index in [0.29, 0.717) is 36.4 Å². The van der Waals surface area contributed by atoms with Crippen LogP contribution in [0.25, 0.3) is 5.57 Å². The molecule has 4 heteroatoms. The van der Waals surface area contributed by atoms with Crippen LogP contribution in [0.15, 0.2) is 35.9 Å². The Kier molecular flexibility index (Phi) is 4.86. The number of rotatable bonds is 5. The molecule has 4 rings (SSSR count). The van der Waals surface area contributed by atoms with E-state index in [4.69, 9.17) is 9.16 Å². The molecule has 1 aromatic rings. The zero-order chi connectivity index (χ0) is 20.3. The summed E-state index contributed by atoms with van der Waals surface area (Å²) in [6.45, 7) is 14.0. The molecule has 3 aliphatic rings. The molecule has 0 radical (unpaired) electrons. The summed E-state index contributed by atoms with van der Waals surface area (Å²) in [6, 6.07) is 10.4. The summed E-state index contributed by atoms with van der Waals surface area (Å²) < 4.78 is 12.3. The number of carbonyl (C=O) groups is 1. The van der Waals surface area contributed by atoms with Crippen molar-refractivity contribution >= 4 is 19.9 Å². The van der Waals surface area contributed by atoms with Crippen molar-refractivity contribution in [2.75, 3.05) is 6.61 Å². The van der Waals surface area contributed by atoms with Crippen molar-refractivity contribution in [3.8, 4) is 0 Å². The van der Waals surface area contributed by atoms with Crippen LogP contribution >= 0.6 is 0 Å². The average molecular weight is 399 g/mol. The van der Waals surface area contributed by atoms with Gasteiger partial charge in [0, 0.05) is 17.6 Å². The molecule has 3 nitrogen and oxygen atoms in total. The summed E-state index contributed by atoms with van der Waals surface area (Å²) in [5.41, 5.74) is 3.38. The monoisotopic (exact) mass is 398 g/mol. The van der Waals surface area contributed by atoms with Gasteiger partial charge in [-0.25, -0.2) is 4.79 Å². The molecule has 2 bridgehead atoms. The van der Waals surface area contributed by atoms with Gasteiger partial charge in [0.25, 0.3) is 0 Å². The van der Waals surface area contributed by atoms with Gasteiger partial charge in [-0.15, -0.1) is 0 Å². The zero-order valence-corrected chi connectivity index (χ0v) is 19.1. The molecule has 0 spiro atoms. The minimum absolute atomic E-state index is 0.1000. The molecule has 2 fully saturated rings. The van der Waals surface area contributed by atoms with Crippen LogP contribution in [0.3, 0.4) is 0 Å². The highest BCUT2D eigenvalue weighted by molar-refractivity contribution is 6.74. The second kappa shape index (κ2) is 6.84. The molecule has 0 unspecified atom stereocenters. The quantitative estimate of drug-likeness (QED) is 0.473. The number of allylic oxidation sites excluding steroid dienone is 1. The Hall–Kier alpha value is -1.39. The van der Waals surface area contributed by atoms with Crippen LogP contribution in [-0.4, -0.2) is 27.0 Å². The maximum absolute atomic E-state index is 12.8. The summed E-state index contributed by atoms with van der Waals surface area (Å²) in [7, 11) is -1.80. The molecule has 28 heavy (non-hydrogen) atoms. The molecular weight excluding hydrogens is 364 g/mol. The summed E-state index contributed by atoms with van der Waals surface area (Å²) in [6.07, 6.45) is 2.63. The van der Waals surface area contributed by atoms with Crippen LogP contribution in [0.5, 0.6) is 0 Å². The largest absolute Gasteiger partial charge is 0.463 e. The number of carbonyl (C=O) groups excluding carboxylic acids is 1. The summed E-state index contributed by atoms with van der Waals surface area (Å²) >= 11 is 0. The molecule has 0 saturated heterocycles. The minimum Gasteiger partial charge on any atom is -0.463 e. The average Bonchev–Trinajstić information content (AvgIpc) is 3.09. The van der Waals surface area contributed by atoms with Gasteiger partial charge in [-0.05, 0) is 66.8 Å². The third-order valence-electron chi connectivity index (χ3n) is 7.73. The number of benzene rings is 1. The highest BCUT2D eigenvalue weighted by atomic mass is 28.4. The van der Waals surface area contributed by atoms with Crippen molar-refractivity contribution in [1.29, 1.82) is 0 Å². The fourth-order valence-corrected chi connectivity index (χ4v) is 6.87. The topological polar surface area (TPSA) is 35.5 Å². The molecular formula is C24H34O3Si. The summed E-state index contributed by atoms with van der Waals surface area (Å²) in [5, 5.41) is 0.224. The molecule has 0 aliphatic heterocycles. The molecule has 0 aromatic heterocycles. The third kappa shape index (κ3) is 3.00. The molecule has 2 saturated carbocycles. The SMILES string of the molecule is CCOC(=O)C1=C(c2ccccc2)[C@H]2[C@H]3C[C@H](C[C@H]3O[Si](C)(C)C(C)(C)C)[C@@H]12. The van der Waals surface area contributed by atoms with E-state index < -0.39 is 8.32 Å². The third-order valence-corrected chi connectivity index (χ3v) is 12.2. The predicted octanol–water partition coefficient (Wildman–Crippen LogP) is 5.68. The smallest absolute Gasteiger partial charge is 0.334 e. The van der Waals surface area contributed by atoms with Crippen LogP contribution in [0, 0.1) is 23.7 Å². The van der Waals surface area contributed by atoms with Crippen molar-refractivity contribution in [3.05, 3.63) is 41.5 Å². The van der Waals surface area contributed by atoms with Gasteiger partial charge in [-0.3, -0.25) is 0 Å². The van der Waals surface area contributed by atoms with Crippen molar-refractivity contribution < 1.29 is 14.0 Å². The zero-order valence-electron chi connectivity index (χ0n) is 18.1. The second-order valence-electron chi connectivity index (χ2n) is 10.3. The van der Waals surface area contributed by atoms with E-state index in [1.54, 1.807) is 0 Å². The van der Waals surface area contributed by atoms with Gasteiger partial charge in [-0.2, -0.15) is 0 Å². The van der Waals surface area contributed by atoms with Crippen LogP contribution in [0.1, 0.15) is 46.1 Å². The molecule has 0 N–H and O–H groups in total. The fourth-order valence-electron chi connectivity index (χ4n) is 5.48. The van der Waals surface area contributed by atoms with Gasteiger partial charge in [0.2, 0.25) is 0 Å². The highest BCUT2D eigenvalue weighted by Gasteiger charge is 2.63. The Morgan fingerprint density at radius 3 is 2.39 bits per heavy atom. The van der Waals surface area contributed by atoms with Gasteiger partial charge in [0.05, 0.1) is 6.61 Å². The van der Waals surface area contributed by atoms with Gasteiger partial charge >= 0.3 is 5.97 Å². The Morgan fingerprint density at radius 2 is 1.79 bits per heavy atom. The van der Waals surface area contributed by atoms with Crippen molar-refractivity contribution in [1.82, 2.24) is 0 Å². The standard InChI is InChI=1S/C24H34O3Si/c1-7-26-23(25)22-19(15-11-9-8-10-12-15)21-17-13-16(20(21)22)14-18(17)27-28(5,6)24(2,3)4/h8-12,16-18,20-21H,7,13-14H2,1-6H3/t16-,17+,18-,20-,21-/m1/s1. The van der Waals surface area contributed by atoms with Crippen LogP contribution in [0.2, 0.25) is 18.1 Å². The van der Waals surface area contributed by atoms with E-state index in [2.05, 4.69) is 58.1 Å². The molecule has 0 heterocycles. The number of fused-ring (bicyclic) bond motifs is 5. The van der Waals surface area contributed by atoms with Gasteiger partial charge in [0.15, 0.2) is 8.32 Å². The van der Waals surface area contributed by atoms with Crippen LogP contribution in [-0.2, 0) is 14.0 Å². The normalized spacial score (nSPS) is 31.6.